The Labute approximate surface area is 116 Å². The van der Waals surface area contributed by atoms with Crippen molar-refractivity contribution in [2.45, 2.75) is 6.61 Å². The minimum Gasteiger partial charge on any atom is -0.384 e. The van der Waals surface area contributed by atoms with Crippen LogP contribution in [0.3, 0.4) is 0 Å². The zero-order valence-corrected chi connectivity index (χ0v) is 11.1. The highest BCUT2D eigenvalue weighted by Gasteiger charge is 2.06. The number of hydrogen-bond donors (Lipinski definition) is 1. The Hall–Kier alpha value is -2.53. The highest BCUT2D eigenvalue weighted by molar-refractivity contribution is 5.83. The number of pyridine rings is 1. The van der Waals surface area contributed by atoms with E-state index in [2.05, 4.69) is 15.0 Å². The molecule has 0 saturated carbocycles. The zero-order chi connectivity index (χ0) is 13.9. The molecular formula is C15H14N4O. The summed E-state index contributed by atoms with van der Waals surface area (Å²) in [6, 6.07) is 11.7. The molecule has 100 valence electrons. The monoisotopic (exact) mass is 266 g/mol. The number of benzene rings is 1. The summed E-state index contributed by atoms with van der Waals surface area (Å²) in [6.07, 6.45) is 1.78. The van der Waals surface area contributed by atoms with Gasteiger partial charge in [0.05, 0.1) is 11.2 Å². The van der Waals surface area contributed by atoms with E-state index in [9.17, 15) is 0 Å². The topological polar surface area (TPSA) is 73.9 Å². The fraction of sp³-hybridized carbons (Fsp3) is 0.133. The summed E-state index contributed by atoms with van der Waals surface area (Å²) in [7, 11) is 1.61. The molecule has 2 heterocycles. The Morgan fingerprint density at radius 3 is 2.90 bits per heavy atom. The van der Waals surface area contributed by atoms with Crippen LogP contribution in [0.1, 0.15) is 5.82 Å². The Balaban J connectivity index is 2.10. The predicted octanol–water partition coefficient (Wildman–Crippen LogP) is 2.42. The lowest BCUT2D eigenvalue weighted by molar-refractivity contribution is 0.178. The first kappa shape index (κ1) is 12.5. The second-order valence-corrected chi connectivity index (χ2v) is 4.44. The van der Waals surface area contributed by atoms with Crippen LogP contribution in [0.15, 0.2) is 42.6 Å². The van der Waals surface area contributed by atoms with Gasteiger partial charge in [-0.25, -0.2) is 9.97 Å². The van der Waals surface area contributed by atoms with Crippen molar-refractivity contribution in [3.05, 3.63) is 48.4 Å². The van der Waals surface area contributed by atoms with Gasteiger partial charge in [0.2, 0.25) is 0 Å². The summed E-state index contributed by atoms with van der Waals surface area (Å²) in [5.74, 6) is 1.02. The van der Waals surface area contributed by atoms with E-state index in [-0.39, 0.29) is 0 Å². The summed E-state index contributed by atoms with van der Waals surface area (Å²) < 4.78 is 5.05. The summed E-state index contributed by atoms with van der Waals surface area (Å²) in [4.78, 5) is 12.9. The van der Waals surface area contributed by atoms with E-state index in [1.807, 2.05) is 30.3 Å². The van der Waals surface area contributed by atoms with Crippen molar-refractivity contribution in [2.24, 2.45) is 0 Å². The van der Waals surface area contributed by atoms with E-state index < -0.39 is 0 Å². The third-order valence-corrected chi connectivity index (χ3v) is 2.96. The minimum absolute atomic E-state index is 0.340. The summed E-state index contributed by atoms with van der Waals surface area (Å²) >= 11 is 0. The SMILES string of the molecule is COCc1nc(N)cc(-c2ccc3ncccc3c2)n1. The van der Waals surface area contributed by atoms with Gasteiger partial charge in [-0.05, 0) is 18.2 Å². The molecule has 0 radical (unpaired) electrons. The number of fused-ring (bicyclic) bond motifs is 1. The van der Waals surface area contributed by atoms with Crippen LogP contribution in [0, 0.1) is 0 Å². The number of aromatic nitrogens is 3. The van der Waals surface area contributed by atoms with Crippen molar-refractivity contribution in [2.75, 3.05) is 12.8 Å². The normalized spacial score (nSPS) is 10.8. The van der Waals surface area contributed by atoms with Gasteiger partial charge in [-0.2, -0.15) is 0 Å². The highest BCUT2D eigenvalue weighted by Crippen LogP contribution is 2.23. The minimum atomic E-state index is 0.340. The summed E-state index contributed by atoms with van der Waals surface area (Å²) in [5.41, 5.74) is 8.55. The molecule has 20 heavy (non-hydrogen) atoms. The molecule has 2 aromatic heterocycles. The average Bonchev–Trinajstić information content (AvgIpc) is 2.46. The Kier molecular flexibility index (Phi) is 3.26. The smallest absolute Gasteiger partial charge is 0.157 e. The zero-order valence-electron chi connectivity index (χ0n) is 11.1. The lowest BCUT2D eigenvalue weighted by Gasteiger charge is -2.06. The molecule has 3 aromatic rings. The van der Waals surface area contributed by atoms with Gasteiger partial charge < -0.3 is 10.5 Å². The number of anilines is 1. The maximum absolute atomic E-state index is 5.82. The van der Waals surface area contributed by atoms with E-state index in [1.54, 1.807) is 19.4 Å². The van der Waals surface area contributed by atoms with E-state index in [0.717, 1.165) is 22.2 Å². The third kappa shape index (κ3) is 2.44. The standard InChI is InChI=1S/C15H14N4O/c1-20-9-15-18-13(8-14(16)19-15)11-4-5-12-10(7-11)3-2-6-17-12/h2-8H,9H2,1H3,(H2,16,18,19). The number of ether oxygens (including phenoxy) is 1. The predicted molar refractivity (Wildman–Crippen MR) is 77.9 cm³/mol. The quantitative estimate of drug-likeness (QED) is 0.788. The molecule has 0 aliphatic carbocycles. The van der Waals surface area contributed by atoms with Crippen LogP contribution < -0.4 is 5.73 Å². The molecule has 0 fully saturated rings. The first-order valence-electron chi connectivity index (χ1n) is 6.24. The molecular weight excluding hydrogens is 252 g/mol. The molecule has 3 rings (SSSR count). The van der Waals surface area contributed by atoms with Crippen molar-refractivity contribution in [3.63, 3.8) is 0 Å². The first-order chi connectivity index (χ1) is 9.76. The summed E-state index contributed by atoms with van der Waals surface area (Å²) in [5, 5.41) is 1.07. The molecule has 0 spiro atoms. The second kappa shape index (κ2) is 5.22. The number of methoxy groups -OCH3 is 1. The van der Waals surface area contributed by atoms with Gasteiger partial charge in [0, 0.05) is 30.3 Å². The van der Waals surface area contributed by atoms with E-state index in [1.165, 1.54) is 0 Å². The molecule has 5 nitrogen and oxygen atoms in total. The van der Waals surface area contributed by atoms with Crippen LogP contribution in [-0.4, -0.2) is 22.1 Å². The lowest BCUT2D eigenvalue weighted by Crippen LogP contribution is -2.02. The maximum Gasteiger partial charge on any atom is 0.157 e. The van der Waals surface area contributed by atoms with Gasteiger partial charge in [-0.3, -0.25) is 4.98 Å². The largest absolute Gasteiger partial charge is 0.384 e. The highest BCUT2D eigenvalue weighted by atomic mass is 16.5. The van der Waals surface area contributed by atoms with E-state index in [4.69, 9.17) is 10.5 Å². The molecule has 0 aliphatic rings. The molecule has 0 saturated heterocycles. The van der Waals surface area contributed by atoms with E-state index in [0.29, 0.717) is 18.2 Å². The number of nitrogens with zero attached hydrogens (tertiary/aromatic N) is 3. The third-order valence-electron chi connectivity index (χ3n) is 2.96. The van der Waals surface area contributed by atoms with Gasteiger partial charge in [0.25, 0.3) is 0 Å². The van der Waals surface area contributed by atoms with Crippen LogP contribution in [0.2, 0.25) is 0 Å². The Bertz CT molecular complexity index is 758. The molecule has 1 aromatic carbocycles. The molecule has 0 bridgehead atoms. The molecule has 5 heteroatoms. The first-order valence-corrected chi connectivity index (χ1v) is 6.24. The molecule has 0 aliphatic heterocycles. The van der Waals surface area contributed by atoms with Crippen LogP contribution >= 0.6 is 0 Å². The number of nitrogen functional groups attached to an aromatic ring is 1. The number of hydrogen-bond acceptors (Lipinski definition) is 5. The Morgan fingerprint density at radius 2 is 2.05 bits per heavy atom. The average molecular weight is 266 g/mol. The van der Waals surface area contributed by atoms with Crippen molar-refractivity contribution in [3.8, 4) is 11.3 Å². The van der Waals surface area contributed by atoms with Crippen LogP contribution in [0.25, 0.3) is 22.2 Å². The molecule has 0 unspecified atom stereocenters. The summed E-state index contributed by atoms with van der Waals surface area (Å²) in [6.45, 7) is 0.340. The van der Waals surface area contributed by atoms with Crippen molar-refractivity contribution in [1.29, 1.82) is 0 Å². The van der Waals surface area contributed by atoms with Gasteiger partial charge in [0.1, 0.15) is 12.4 Å². The number of nitrogens with two attached hydrogens (primary N) is 1. The second-order valence-electron chi connectivity index (χ2n) is 4.44. The van der Waals surface area contributed by atoms with Crippen LogP contribution in [0.5, 0.6) is 0 Å². The van der Waals surface area contributed by atoms with Gasteiger partial charge in [-0.15, -0.1) is 0 Å². The van der Waals surface area contributed by atoms with E-state index >= 15 is 0 Å². The van der Waals surface area contributed by atoms with Crippen molar-refractivity contribution in [1.82, 2.24) is 15.0 Å². The van der Waals surface area contributed by atoms with Crippen LogP contribution in [-0.2, 0) is 11.3 Å². The fourth-order valence-corrected chi connectivity index (χ4v) is 2.09. The maximum atomic E-state index is 5.82. The lowest BCUT2D eigenvalue weighted by atomic mass is 10.1. The van der Waals surface area contributed by atoms with Crippen molar-refractivity contribution >= 4 is 16.7 Å². The van der Waals surface area contributed by atoms with Gasteiger partial charge in [0.15, 0.2) is 5.82 Å². The van der Waals surface area contributed by atoms with Gasteiger partial charge in [-0.1, -0.05) is 12.1 Å². The van der Waals surface area contributed by atoms with Crippen LogP contribution in [0.4, 0.5) is 5.82 Å². The molecule has 0 amide bonds. The number of rotatable bonds is 3. The van der Waals surface area contributed by atoms with Crippen molar-refractivity contribution < 1.29 is 4.74 Å². The fourth-order valence-electron chi connectivity index (χ4n) is 2.09. The van der Waals surface area contributed by atoms with Gasteiger partial charge >= 0.3 is 0 Å². The molecule has 2 N–H and O–H groups in total. The Morgan fingerprint density at radius 1 is 1.15 bits per heavy atom. The molecule has 0 atom stereocenters.